The van der Waals surface area contributed by atoms with Gasteiger partial charge in [-0.05, 0) is 31.7 Å². The second-order valence-electron chi connectivity index (χ2n) is 3.92. The molecule has 0 radical (unpaired) electrons. The second-order valence-corrected chi connectivity index (χ2v) is 4.74. The second kappa shape index (κ2) is 5.71. The van der Waals surface area contributed by atoms with Crippen molar-refractivity contribution in [2.45, 2.75) is 19.5 Å². The molecule has 1 rings (SSSR count). The predicted octanol–water partition coefficient (Wildman–Crippen LogP) is 2.77. The molecule has 0 aliphatic heterocycles. The van der Waals surface area contributed by atoms with Crippen LogP contribution in [0.4, 0.5) is 0 Å². The summed E-state index contributed by atoms with van der Waals surface area (Å²) in [7, 11) is 2.03. The van der Waals surface area contributed by atoms with Crippen LogP contribution >= 0.6 is 23.2 Å². The van der Waals surface area contributed by atoms with E-state index >= 15 is 0 Å². The van der Waals surface area contributed by atoms with Gasteiger partial charge in [-0.2, -0.15) is 0 Å². The van der Waals surface area contributed by atoms with E-state index in [2.05, 4.69) is 4.90 Å². The smallest absolute Gasteiger partial charge is 0.0595 e. The molecule has 1 atom stereocenters. The van der Waals surface area contributed by atoms with E-state index in [9.17, 15) is 0 Å². The van der Waals surface area contributed by atoms with Crippen LogP contribution in [0.5, 0.6) is 0 Å². The largest absolute Gasteiger partial charge is 0.327 e. The Morgan fingerprint density at radius 3 is 2.53 bits per heavy atom. The Balaban J connectivity index is 2.60. The predicted molar refractivity (Wildman–Crippen MR) is 66.4 cm³/mol. The molecule has 0 bridgehead atoms. The number of nitrogens with zero attached hydrogens (tertiary/aromatic N) is 1. The molecule has 0 aliphatic rings. The number of hydrogen-bond donors (Lipinski definition) is 1. The molecule has 0 aromatic heterocycles. The molecule has 0 saturated heterocycles. The molecule has 15 heavy (non-hydrogen) atoms. The standard InChI is InChI=1S/C11H16Cl2N2/c1-8(14)6-15(2)7-9-3-4-10(12)11(13)5-9/h3-5,8H,6-7,14H2,1-2H3. The summed E-state index contributed by atoms with van der Waals surface area (Å²) in [6, 6.07) is 5.87. The Bertz CT molecular complexity index is 326. The molecule has 0 saturated carbocycles. The molecule has 0 spiro atoms. The van der Waals surface area contributed by atoms with E-state index in [0.717, 1.165) is 18.7 Å². The monoisotopic (exact) mass is 246 g/mol. The molecule has 0 fully saturated rings. The van der Waals surface area contributed by atoms with Crippen molar-refractivity contribution in [1.29, 1.82) is 0 Å². The Labute approximate surface area is 101 Å². The maximum absolute atomic E-state index is 5.93. The molecular formula is C11H16Cl2N2. The van der Waals surface area contributed by atoms with Gasteiger partial charge in [-0.3, -0.25) is 0 Å². The zero-order valence-electron chi connectivity index (χ0n) is 9.00. The van der Waals surface area contributed by atoms with E-state index in [1.807, 2.05) is 32.2 Å². The summed E-state index contributed by atoms with van der Waals surface area (Å²) in [6.07, 6.45) is 0. The van der Waals surface area contributed by atoms with Crippen LogP contribution in [-0.4, -0.2) is 24.5 Å². The van der Waals surface area contributed by atoms with E-state index in [0.29, 0.717) is 10.0 Å². The summed E-state index contributed by atoms with van der Waals surface area (Å²) in [5.74, 6) is 0. The van der Waals surface area contributed by atoms with E-state index < -0.39 is 0 Å². The Morgan fingerprint density at radius 1 is 1.33 bits per heavy atom. The van der Waals surface area contributed by atoms with Gasteiger partial charge in [0.15, 0.2) is 0 Å². The topological polar surface area (TPSA) is 29.3 Å². The normalized spacial score (nSPS) is 13.2. The SMILES string of the molecule is CC(N)CN(C)Cc1ccc(Cl)c(Cl)c1. The molecule has 1 aromatic carbocycles. The summed E-state index contributed by atoms with van der Waals surface area (Å²) in [5.41, 5.74) is 6.86. The highest BCUT2D eigenvalue weighted by atomic mass is 35.5. The van der Waals surface area contributed by atoms with Crippen molar-refractivity contribution in [3.63, 3.8) is 0 Å². The lowest BCUT2D eigenvalue weighted by molar-refractivity contribution is 0.310. The average Bonchev–Trinajstić information content (AvgIpc) is 2.10. The minimum Gasteiger partial charge on any atom is -0.327 e. The molecule has 1 aromatic rings. The van der Waals surface area contributed by atoms with Crippen LogP contribution < -0.4 is 5.73 Å². The third-order valence-electron chi connectivity index (χ3n) is 2.04. The number of likely N-dealkylation sites (N-methyl/N-ethyl adjacent to an activating group) is 1. The van der Waals surface area contributed by atoms with Crippen molar-refractivity contribution in [2.75, 3.05) is 13.6 Å². The van der Waals surface area contributed by atoms with Crippen molar-refractivity contribution in [3.05, 3.63) is 33.8 Å². The lowest BCUT2D eigenvalue weighted by Crippen LogP contribution is -2.32. The Morgan fingerprint density at radius 2 is 2.00 bits per heavy atom. The van der Waals surface area contributed by atoms with Gasteiger partial charge in [0.25, 0.3) is 0 Å². The minimum absolute atomic E-state index is 0.178. The van der Waals surface area contributed by atoms with Crippen LogP contribution in [-0.2, 0) is 6.54 Å². The highest BCUT2D eigenvalue weighted by molar-refractivity contribution is 6.42. The molecule has 0 amide bonds. The van der Waals surface area contributed by atoms with E-state index in [1.165, 1.54) is 0 Å². The third kappa shape index (κ3) is 4.39. The molecule has 84 valence electrons. The summed E-state index contributed by atoms with van der Waals surface area (Å²) >= 11 is 11.8. The first-order chi connectivity index (χ1) is 6.99. The van der Waals surface area contributed by atoms with Gasteiger partial charge in [-0.15, -0.1) is 0 Å². The molecule has 4 heteroatoms. The molecular weight excluding hydrogens is 231 g/mol. The highest BCUT2D eigenvalue weighted by Crippen LogP contribution is 2.22. The number of nitrogens with two attached hydrogens (primary N) is 1. The van der Waals surface area contributed by atoms with Crippen molar-refractivity contribution < 1.29 is 0 Å². The third-order valence-corrected chi connectivity index (χ3v) is 2.78. The molecule has 1 unspecified atom stereocenters. The maximum atomic E-state index is 5.93. The summed E-state index contributed by atoms with van der Waals surface area (Å²) in [6.45, 7) is 3.68. The first kappa shape index (κ1) is 12.8. The molecule has 0 heterocycles. The van der Waals surface area contributed by atoms with Gasteiger partial charge in [0, 0.05) is 19.1 Å². The van der Waals surface area contributed by atoms with Gasteiger partial charge in [0.1, 0.15) is 0 Å². The van der Waals surface area contributed by atoms with Gasteiger partial charge < -0.3 is 10.6 Å². The van der Waals surface area contributed by atoms with Crippen LogP contribution in [0, 0.1) is 0 Å². The quantitative estimate of drug-likeness (QED) is 0.886. The molecule has 2 nitrogen and oxygen atoms in total. The Kier molecular flexibility index (Phi) is 4.87. The fraction of sp³-hybridized carbons (Fsp3) is 0.455. The van der Waals surface area contributed by atoms with E-state index in [4.69, 9.17) is 28.9 Å². The first-order valence-corrected chi connectivity index (χ1v) is 5.62. The van der Waals surface area contributed by atoms with Gasteiger partial charge >= 0.3 is 0 Å². The van der Waals surface area contributed by atoms with Crippen molar-refractivity contribution in [3.8, 4) is 0 Å². The molecule has 2 N–H and O–H groups in total. The lowest BCUT2D eigenvalue weighted by Gasteiger charge is -2.19. The van der Waals surface area contributed by atoms with Crippen molar-refractivity contribution >= 4 is 23.2 Å². The van der Waals surface area contributed by atoms with Crippen LogP contribution in [0.2, 0.25) is 10.0 Å². The van der Waals surface area contributed by atoms with Gasteiger partial charge in [-0.1, -0.05) is 29.3 Å². The van der Waals surface area contributed by atoms with Gasteiger partial charge in [-0.25, -0.2) is 0 Å². The highest BCUT2D eigenvalue weighted by Gasteiger charge is 2.04. The fourth-order valence-corrected chi connectivity index (χ4v) is 1.83. The van der Waals surface area contributed by atoms with Crippen LogP contribution in [0.1, 0.15) is 12.5 Å². The zero-order valence-corrected chi connectivity index (χ0v) is 10.5. The maximum Gasteiger partial charge on any atom is 0.0595 e. The number of halogens is 2. The molecule has 0 aliphatic carbocycles. The lowest BCUT2D eigenvalue weighted by atomic mass is 10.2. The fourth-order valence-electron chi connectivity index (χ4n) is 1.51. The van der Waals surface area contributed by atoms with Crippen LogP contribution in [0.25, 0.3) is 0 Å². The van der Waals surface area contributed by atoms with Crippen LogP contribution in [0.15, 0.2) is 18.2 Å². The van der Waals surface area contributed by atoms with Gasteiger partial charge in [0.2, 0.25) is 0 Å². The van der Waals surface area contributed by atoms with Gasteiger partial charge in [0.05, 0.1) is 10.0 Å². The number of benzene rings is 1. The van der Waals surface area contributed by atoms with Crippen molar-refractivity contribution in [1.82, 2.24) is 4.90 Å². The van der Waals surface area contributed by atoms with Crippen LogP contribution in [0.3, 0.4) is 0 Å². The minimum atomic E-state index is 0.178. The number of rotatable bonds is 4. The number of hydrogen-bond acceptors (Lipinski definition) is 2. The summed E-state index contributed by atoms with van der Waals surface area (Å²) in [4.78, 5) is 2.16. The summed E-state index contributed by atoms with van der Waals surface area (Å²) in [5, 5.41) is 1.19. The van der Waals surface area contributed by atoms with Crippen molar-refractivity contribution in [2.24, 2.45) is 5.73 Å². The first-order valence-electron chi connectivity index (χ1n) is 4.87. The summed E-state index contributed by atoms with van der Waals surface area (Å²) < 4.78 is 0. The van der Waals surface area contributed by atoms with E-state index in [-0.39, 0.29) is 6.04 Å². The Hall–Kier alpha value is -0.280. The average molecular weight is 247 g/mol. The van der Waals surface area contributed by atoms with E-state index in [1.54, 1.807) is 0 Å². The zero-order chi connectivity index (χ0) is 11.4.